The minimum Gasteiger partial charge on any atom is -0.454 e. The van der Waals surface area contributed by atoms with Crippen LogP contribution in [0.25, 0.3) is 0 Å². The van der Waals surface area contributed by atoms with Crippen LogP contribution in [0.5, 0.6) is 0 Å². The first-order valence-corrected chi connectivity index (χ1v) is 7.28. The zero-order valence-corrected chi connectivity index (χ0v) is 13.6. The molecular weight excluding hydrogens is 381 g/mol. The van der Waals surface area contributed by atoms with Crippen molar-refractivity contribution in [1.82, 2.24) is 4.98 Å². The summed E-state index contributed by atoms with van der Waals surface area (Å²) in [6.45, 7) is -0.386. The molecule has 21 heavy (non-hydrogen) atoms. The van der Waals surface area contributed by atoms with Gasteiger partial charge in [-0.1, -0.05) is 23.2 Å². The third kappa shape index (κ3) is 4.27. The number of pyridine rings is 1. The number of benzene rings is 1. The molecule has 0 N–H and O–H groups in total. The molecule has 108 valence electrons. The molecule has 0 saturated carbocycles. The lowest BCUT2D eigenvalue weighted by Crippen LogP contribution is -2.14. The number of esters is 1. The second kappa shape index (κ2) is 7.02. The molecule has 0 aliphatic carbocycles. The van der Waals surface area contributed by atoms with Crippen LogP contribution in [-0.2, 0) is 4.74 Å². The Labute approximate surface area is 139 Å². The van der Waals surface area contributed by atoms with E-state index in [1.165, 1.54) is 30.6 Å². The van der Waals surface area contributed by atoms with Crippen LogP contribution in [0.15, 0.2) is 41.1 Å². The van der Waals surface area contributed by atoms with Crippen molar-refractivity contribution in [3.8, 4) is 0 Å². The monoisotopic (exact) mass is 387 g/mol. The number of nitrogens with zero attached hydrogens (tertiary/aromatic N) is 1. The zero-order valence-electron chi connectivity index (χ0n) is 10.5. The van der Waals surface area contributed by atoms with Gasteiger partial charge in [-0.3, -0.25) is 9.78 Å². The average Bonchev–Trinajstić information content (AvgIpc) is 2.47. The lowest BCUT2D eigenvalue weighted by Gasteiger charge is -2.05. The van der Waals surface area contributed by atoms with Gasteiger partial charge < -0.3 is 4.74 Å². The lowest BCUT2D eigenvalue weighted by molar-refractivity contribution is 0.0474. The fourth-order valence-electron chi connectivity index (χ4n) is 1.49. The zero-order chi connectivity index (χ0) is 15.4. The number of aromatic nitrogens is 1. The Bertz CT molecular complexity index is 706. The predicted molar refractivity (Wildman–Crippen MR) is 83.0 cm³/mol. The topological polar surface area (TPSA) is 56.3 Å². The van der Waals surface area contributed by atoms with Crippen molar-refractivity contribution in [2.75, 3.05) is 6.61 Å². The molecule has 0 radical (unpaired) electrons. The lowest BCUT2D eigenvalue weighted by atomic mass is 10.1. The number of hydrogen-bond donors (Lipinski definition) is 0. The maximum absolute atomic E-state index is 11.9. The molecule has 0 bridgehead atoms. The summed E-state index contributed by atoms with van der Waals surface area (Å²) in [5, 5.41) is 0.621. The van der Waals surface area contributed by atoms with Crippen molar-refractivity contribution >= 4 is 50.9 Å². The number of ketones is 1. The van der Waals surface area contributed by atoms with Crippen LogP contribution in [0.3, 0.4) is 0 Å². The van der Waals surface area contributed by atoms with Crippen LogP contribution < -0.4 is 0 Å². The van der Waals surface area contributed by atoms with Crippen LogP contribution >= 0.6 is 39.1 Å². The van der Waals surface area contributed by atoms with Crippen LogP contribution in [0.1, 0.15) is 20.7 Å². The smallest absolute Gasteiger partial charge is 0.340 e. The molecule has 0 aliphatic rings. The van der Waals surface area contributed by atoms with Gasteiger partial charge in [0, 0.05) is 22.4 Å². The molecular formula is C14H8BrCl2NO3. The molecule has 1 heterocycles. The summed E-state index contributed by atoms with van der Waals surface area (Å²) in [6, 6.07) is 6.02. The predicted octanol–water partition coefficient (Wildman–Crippen LogP) is 4.19. The molecule has 2 rings (SSSR count). The molecule has 7 heteroatoms. The van der Waals surface area contributed by atoms with Crippen molar-refractivity contribution in [3.05, 3.63) is 62.3 Å². The number of ether oxygens (including phenoxy) is 1. The Balaban J connectivity index is 2.00. The Kier molecular flexibility index (Phi) is 5.33. The van der Waals surface area contributed by atoms with Gasteiger partial charge in [-0.2, -0.15) is 0 Å². The van der Waals surface area contributed by atoms with Gasteiger partial charge in [0.05, 0.1) is 15.6 Å². The summed E-state index contributed by atoms with van der Waals surface area (Å²) in [5.74, 6) is -0.998. The highest BCUT2D eigenvalue weighted by molar-refractivity contribution is 9.10. The number of halogens is 3. The van der Waals surface area contributed by atoms with E-state index in [2.05, 4.69) is 20.9 Å². The Morgan fingerprint density at radius 2 is 1.86 bits per heavy atom. The van der Waals surface area contributed by atoms with E-state index in [1.54, 1.807) is 6.07 Å². The van der Waals surface area contributed by atoms with E-state index >= 15 is 0 Å². The van der Waals surface area contributed by atoms with Gasteiger partial charge in [-0.15, -0.1) is 0 Å². The van der Waals surface area contributed by atoms with E-state index in [9.17, 15) is 9.59 Å². The van der Waals surface area contributed by atoms with E-state index in [0.29, 0.717) is 15.1 Å². The van der Waals surface area contributed by atoms with Crippen molar-refractivity contribution in [2.24, 2.45) is 0 Å². The maximum atomic E-state index is 11.9. The molecule has 0 unspecified atom stereocenters. The first kappa shape index (κ1) is 15.9. The summed E-state index contributed by atoms with van der Waals surface area (Å²) < 4.78 is 5.59. The van der Waals surface area contributed by atoms with Crippen molar-refractivity contribution in [3.63, 3.8) is 0 Å². The minimum atomic E-state index is -0.628. The summed E-state index contributed by atoms with van der Waals surface area (Å²) in [4.78, 5) is 27.5. The molecule has 0 aliphatic heterocycles. The molecule has 0 atom stereocenters. The minimum absolute atomic E-state index is 0.256. The summed E-state index contributed by atoms with van der Waals surface area (Å²) in [7, 11) is 0. The average molecular weight is 389 g/mol. The Hall–Kier alpha value is -1.43. The van der Waals surface area contributed by atoms with E-state index < -0.39 is 5.97 Å². The maximum Gasteiger partial charge on any atom is 0.340 e. The first-order chi connectivity index (χ1) is 9.97. The van der Waals surface area contributed by atoms with Crippen LogP contribution in [0.4, 0.5) is 0 Å². The van der Waals surface area contributed by atoms with Gasteiger partial charge in [0.25, 0.3) is 0 Å². The number of carbonyl (C=O) groups excluding carboxylic acids is 2. The number of Topliss-reactive ketones (excluding diaryl/α,β-unsaturated/α-hetero) is 1. The molecule has 4 nitrogen and oxygen atoms in total. The van der Waals surface area contributed by atoms with Gasteiger partial charge in [0.1, 0.15) is 0 Å². The quantitative estimate of drug-likeness (QED) is 0.582. The van der Waals surface area contributed by atoms with E-state index in [0.717, 1.165) is 0 Å². The number of rotatable bonds is 4. The van der Waals surface area contributed by atoms with Crippen LogP contribution in [0, 0.1) is 0 Å². The van der Waals surface area contributed by atoms with Crippen LogP contribution in [-0.4, -0.2) is 23.3 Å². The third-order valence-electron chi connectivity index (χ3n) is 2.52. The standard InChI is InChI=1S/C14H8BrCl2NO3/c15-10-3-9(5-18-6-10)14(20)21-7-13(19)8-1-2-11(16)12(17)4-8/h1-6H,7H2. The SMILES string of the molecule is O=C(COC(=O)c1cncc(Br)c1)c1ccc(Cl)c(Cl)c1. The highest BCUT2D eigenvalue weighted by atomic mass is 79.9. The highest BCUT2D eigenvalue weighted by Crippen LogP contribution is 2.22. The summed E-state index contributed by atoms with van der Waals surface area (Å²) >= 11 is 14.8. The van der Waals surface area contributed by atoms with E-state index in [-0.39, 0.29) is 23.0 Å². The van der Waals surface area contributed by atoms with Gasteiger partial charge in [0.15, 0.2) is 12.4 Å². The highest BCUT2D eigenvalue weighted by Gasteiger charge is 2.13. The summed E-state index contributed by atoms with van der Waals surface area (Å²) in [5.41, 5.74) is 0.580. The molecule has 0 spiro atoms. The summed E-state index contributed by atoms with van der Waals surface area (Å²) in [6.07, 6.45) is 2.90. The Morgan fingerprint density at radius 1 is 1.10 bits per heavy atom. The fraction of sp³-hybridized carbons (Fsp3) is 0.0714. The van der Waals surface area contributed by atoms with Gasteiger partial charge in [0.2, 0.25) is 0 Å². The van der Waals surface area contributed by atoms with E-state index in [4.69, 9.17) is 27.9 Å². The Morgan fingerprint density at radius 3 is 2.52 bits per heavy atom. The molecule has 0 amide bonds. The normalized spacial score (nSPS) is 10.2. The molecule has 2 aromatic rings. The van der Waals surface area contributed by atoms with Gasteiger partial charge >= 0.3 is 5.97 Å². The number of hydrogen-bond acceptors (Lipinski definition) is 4. The van der Waals surface area contributed by atoms with Gasteiger partial charge in [-0.05, 0) is 40.2 Å². The largest absolute Gasteiger partial charge is 0.454 e. The van der Waals surface area contributed by atoms with Crippen molar-refractivity contribution < 1.29 is 14.3 Å². The third-order valence-corrected chi connectivity index (χ3v) is 3.69. The van der Waals surface area contributed by atoms with Crippen molar-refractivity contribution in [1.29, 1.82) is 0 Å². The molecule has 0 saturated heterocycles. The van der Waals surface area contributed by atoms with E-state index in [1.807, 2.05) is 0 Å². The molecule has 1 aromatic heterocycles. The van der Waals surface area contributed by atoms with Crippen molar-refractivity contribution in [2.45, 2.75) is 0 Å². The molecule has 0 fully saturated rings. The second-order valence-electron chi connectivity index (χ2n) is 4.02. The first-order valence-electron chi connectivity index (χ1n) is 5.73. The van der Waals surface area contributed by atoms with Gasteiger partial charge in [-0.25, -0.2) is 4.79 Å². The van der Waals surface area contributed by atoms with Crippen LogP contribution in [0.2, 0.25) is 10.0 Å². The molecule has 1 aromatic carbocycles. The number of carbonyl (C=O) groups is 2. The second-order valence-corrected chi connectivity index (χ2v) is 5.75. The fourth-order valence-corrected chi connectivity index (χ4v) is 2.15.